The second-order valence-electron chi connectivity index (χ2n) is 8.09. The number of fused-ring (bicyclic) bond motifs is 1. The molecule has 182 valence electrons. The number of para-hydroxylation sites is 1. The number of hydrogen-bond donors (Lipinski definition) is 3. The molecule has 4 aromatic rings. The number of carbonyl (C=O) groups excluding carboxylic acids is 2. The van der Waals surface area contributed by atoms with Gasteiger partial charge in [-0.1, -0.05) is 18.2 Å². The molecule has 1 aromatic heterocycles. The molecule has 0 spiro atoms. The van der Waals surface area contributed by atoms with Crippen LogP contribution < -0.4 is 16.0 Å². The maximum absolute atomic E-state index is 13.5. The van der Waals surface area contributed by atoms with E-state index in [2.05, 4.69) is 5.32 Å². The van der Waals surface area contributed by atoms with Crippen molar-refractivity contribution < 1.29 is 14.3 Å². The summed E-state index contributed by atoms with van der Waals surface area (Å²) in [5, 5.41) is 10.8. The van der Waals surface area contributed by atoms with Crippen molar-refractivity contribution in [1.82, 2.24) is 9.55 Å². The monoisotopic (exact) mass is 482 g/mol. The fourth-order valence-electron chi connectivity index (χ4n) is 3.82. The molecule has 0 aliphatic heterocycles. The summed E-state index contributed by atoms with van der Waals surface area (Å²) in [6.07, 6.45) is 0. The molecule has 0 unspecified atom stereocenters. The molecule has 0 saturated carbocycles. The lowest BCUT2D eigenvalue weighted by molar-refractivity contribution is 0.0985. The average Bonchev–Trinajstić information content (AvgIpc) is 3.23. The summed E-state index contributed by atoms with van der Waals surface area (Å²) < 4.78 is 7.03. The van der Waals surface area contributed by atoms with Crippen LogP contribution >= 0.6 is 0 Å². The first kappa shape index (κ1) is 24.3. The van der Waals surface area contributed by atoms with E-state index in [0.717, 1.165) is 17.0 Å². The molecule has 1 amide bonds. The number of nitrogens with two attached hydrogens (primary N) is 1. The van der Waals surface area contributed by atoms with Crippen LogP contribution in [0.5, 0.6) is 0 Å². The Bertz CT molecular complexity index is 1450. The third-order valence-corrected chi connectivity index (χ3v) is 5.84. The molecule has 36 heavy (non-hydrogen) atoms. The fourth-order valence-corrected chi connectivity index (χ4v) is 3.82. The van der Waals surface area contributed by atoms with Gasteiger partial charge in [0.2, 0.25) is 0 Å². The molecular weight excluding hydrogens is 456 g/mol. The lowest BCUT2D eigenvalue weighted by Crippen LogP contribution is -2.33. The van der Waals surface area contributed by atoms with E-state index in [9.17, 15) is 9.59 Å². The van der Waals surface area contributed by atoms with Crippen LogP contribution in [0.15, 0.2) is 78.6 Å². The molecule has 0 saturated heterocycles. The van der Waals surface area contributed by atoms with E-state index >= 15 is 0 Å². The zero-order valence-corrected chi connectivity index (χ0v) is 20.0. The van der Waals surface area contributed by atoms with Crippen molar-refractivity contribution in [2.24, 2.45) is 12.8 Å². The summed E-state index contributed by atoms with van der Waals surface area (Å²) in [5.41, 5.74) is 9.67. The molecule has 0 aliphatic carbocycles. The number of benzene rings is 3. The van der Waals surface area contributed by atoms with Gasteiger partial charge in [-0.2, -0.15) is 0 Å². The second kappa shape index (κ2) is 10.6. The molecule has 4 rings (SSSR count). The Kier molecular flexibility index (Phi) is 7.13. The van der Waals surface area contributed by atoms with Crippen LogP contribution in [0.3, 0.4) is 0 Å². The van der Waals surface area contributed by atoms with Crippen molar-refractivity contribution in [3.05, 3.63) is 95.5 Å². The molecule has 1 heterocycles. The molecule has 0 atom stereocenters. The van der Waals surface area contributed by atoms with Crippen LogP contribution in [-0.4, -0.2) is 40.9 Å². The number of imidazole rings is 1. The number of nitrogens with one attached hydrogen (secondary N) is 2. The Hall–Kier alpha value is -4.88. The number of ether oxygens (including phenoxy) is 1. The summed E-state index contributed by atoms with van der Waals surface area (Å²) in [4.78, 5) is 30.9. The lowest BCUT2D eigenvalue weighted by Gasteiger charge is -2.22. The summed E-state index contributed by atoms with van der Waals surface area (Å²) in [6.45, 7) is 0.423. The number of aromatic nitrogens is 2. The van der Waals surface area contributed by atoms with Crippen molar-refractivity contribution in [1.29, 1.82) is 5.41 Å². The third-order valence-electron chi connectivity index (χ3n) is 5.84. The van der Waals surface area contributed by atoms with Gasteiger partial charge in [0.1, 0.15) is 11.7 Å². The van der Waals surface area contributed by atoms with Crippen LogP contribution in [0.1, 0.15) is 21.7 Å². The maximum atomic E-state index is 13.5. The van der Waals surface area contributed by atoms with E-state index in [4.69, 9.17) is 20.9 Å². The highest BCUT2D eigenvalue weighted by Gasteiger charge is 2.21. The number of hydrogen-bond acceptors (Lipinski definition) is 6. The molecule has 0 bridgehead atoms. The van der Waals surface area contributed by atoms with Gasteiger partial charge in [-0.3, -0.25) is 15.1 Å². The number of methoxy groups -OCH3 is 1. The first-order chi connectivity index (χ1) is 17.4. The molecule has 0 radical (unpaired) electrons. The van der Waals surface area contributed by atoms with Crippen molar-refractivity contribution in [2.75, 3.05) is 23.9 Å². The number of rotatable bonds is 9. The number of nitrogens with zero attached hydrogens (tertiary/aromatic N) is 3. The van der Waals surface area contributed by atoms with Crippen LogP contribution in [0.25, 0.3) is 11.0 Å². The Balaban J connectivity index is 1.59. The standard InChI is InChI=1S/C27H26N6O3/c1-32-24-13-10-19(27(35)33(16-22(17-34)36-2)21-6-4-3-5-7-21)14-23(24)31-25(32)15-30-20-11-8-18(9-12-20)26(28)29/h3-14,30H,15-16H2,1-2H3,(H3,28,29). The number of amidine groups is 1. The fraction of sp³-hybridized carbons (Fsp3) is 0.148. The first-order valence-electron chi connectivity index (χ1n) is 11.2. The normalized spacial score (nSPS) is 10.5. The topological polar surface area (TPSA) is 126 Å². The van der Waals surface area contributed by atoms with Crippen LogP contribution in [0.2, 0.25) is 0 Å². The highest BCUT2D eigenvalue weighted by atomic mass is 16.5. The predicted octanol–water partition coefficient (Wildman–Crippen LogP) is 3.48. The summed E-state index contributed by atoms with van der Waals surface area (Å²) >= 11 is 0. The van der Waals surface area contributed by atoms with Gasteiger partial charge in [0, 0.05) is 29.5 Å². The van der Waals surface area contributed by atoms with E-state index in [1.165, 1.54) is 12.0 Å². The Morgan fingerprint density at radius 2 is 1.81 bits per heavy atom. The van der Waals surface area contributed by atoms with Crippen LogP contribution in [-0.2, 0) is 23.1 Å². The maximum Gasteiger partial charge on any atom is 0.258 e. The van der Waals surface area contributed by atoms with Crippen molar-refractivity contribution in [3.8, 4) is 0 Å². The van der Waals surface area contributed by atoms with Gasteiger partial charge in [0.25, 0.3) is 5.91 Å². The number of nitrogen functional groups attached to an aromatic ring is 1. The smallest absolute Gasteiger partial charge is 0.258 e. The first-order valence-corrected chi connectivity index (χ1v) is 11.2. The minimum atomic E-state index is -0.288. The van der Waals surface area contributed by atoms with Gasteiger partial charge in [-0.25, -0.2) is 9.78 Å². The Morgan fingerprint density at radius 3 is 2.44 bits per heavy atom. The van der Waals surface area contributed by atoms with E-state index in [1.54, 1.807) is 42.3 Å². The zero-order valence-electron chi connectivity index (χ0n) is 20.0. The number of anilines is 2. The van der Waals surface area contributed by atoms with E-state index in [0.29, 0.717) is 28.9 Å². The van der Waals surface area contributed by atoms with Gasteiger partial charge in [0.05, 0.1) is 31.2 Å². The summed E-state index contributed by atoms with van der Waals surface area (Å²) in [6, 6.07) is 21.7. The van der Waals surface area contributed by atoms with Gasteiger partial charge in [0.15, 0.2) is 11.7 Å². The number of carbonyl (C=O) groups is 1. The molecule has 3 aromatic carbocycles. The van der Waals surface area contributed by atoms with Crippen LogP contribution in [0, 0.1) is 5.41 Å². The molecule has 0 aliphatic rings. The van der Waals surface area contributed by atoms with Gasteiger partial charge in [-0.05, 0) is 54.6 Å². The molecular formula is C27H26N6O3. The molecule has 9 heteroatoms. The minimum Gasteiger partial charge on any atom is -0.488 e. The zero-order chi connectivity index (χ0) is 25.7. The van der Waals surface area contributed by atoms with Crippen molar-refractivity contribution >= 4 is 40.1 Å². The SMILES string of the molecule is COC(=C=O)CN(C(=O)c1ccc2c(c1)nc(CNc1ccc(C(=N)N)cc1)n2C)c1ccccc1. The highest BCUT2D eigenvalue weighted by Crippen LogP contribution is 2.22. The summed E-state index contributed by atoms with van der Waals surface area (Å²) in [5.74, 6) is 2.29. The third kappa shape index (κ3) is 5.11. The van der Waals surface area contributed by atoms with Crippen molar-refractivity contribution in [3.63, 3.8) is 0 Å². The highest BCUT2D eigenvalue weighted by molar-refractivity contribution is 6.08. The number of amides is 1. The van der Waals surface area contributed by atoms with Crippen molar-refractivity contribution in [2.45, 2.75) is 6.54 Å². The Morgan fingerprint density at radius 1 is 1.11 bits per heavy atom. The second-order valence-corrected chi connectivity index (χ2v) is 8.09. The number of aryl methyl sites for hydroxylation is 1. The Labute approximate surface area is 208 Å². The lowest BCUT2D eigenvalue weighted by atomic mass is 10.1. The van der Waals surface area contributed by atoms with Gasteiger partial charge in [-0.15, -0.1) is 0 Å². The van der Waals surface area contributed by atoms with E-state index in [1.807, 2.05) is 48.0 Å². The quantitative estimate of drug-likeness (QED) is 0.145. The molecule has 4 N–H and O–H groups in total. The van der Waals surface area contributed by atoms with E-state index < -0.39 is 0 Å². The predicted molar refractivity (Wildman–Crippen MR) is 140 cm³/mol. The molecule has 0 fully saturated rings. The van der Waals surface area contributed by atoms with Gasteiger partial charge < -0.3 is 20.4 Å². The minimum absolute atomic E-state index is 0.0220. The van der Waals surface area contributed by atoms with E-state index in [-0.39, 0.29) is 24.0 Å². The van der Waals surface area contributed by atoms with Gasteiger partial charge >= 0.3 is 0 Å². The average molecular weight is 483 g/mol. The summed E-state index contributed by atoms with van der Waals surface area (Å²) in [7, 11) is 3.30. The van der Waals surface area contributed by atoms with Crippen LogP contribution in [0.4, 0.5) is 11.4 Å². The largest absolute Gasteiger partial charge is 0.488 e. The molecule has 9 nitrogen and oxygen atoms in total.